The minimum atomic E-state index is -0.460. The minimum absolute atomic E-state index is 0.00870. The summed E-state index contributed by atoms with van der Waals surface area (Å²) in [6.45, 7) is 0.350. The lowest BCUT2D eigenvalue weighted by Gasteiger charge is -2.11. The molecule has 0 atom stereocenters. The van der Waals surface area contributed by atoms with Crippen LogP contribution in [-0.4, -0.2) is 41.5 Å². The van der Waals surface area contributed by atoms with Crippen molar-refractivity contribution in [1.82, 2.24) is 9.97 Å². The van der Waals surface area contributed by atoms with Crippen molar-refractivity contribution >= 4 is 40.0 Å². The lowest BCUT2D eigenvalue weighted by Crippen LogP contribution is -2.17. The van der Waals surface area contributed by atoms with Gasteiger partial charge in [0.05, 0.1) is 31.4 Å². The summed E-state index contributed by atoms with van der Waals surface area (Å²) in [6.07, 6.45) is 0.468. The topological polar surface area (TPSA) is 117 Å². The Morgan fingerprint density at radius 3 is 2.50 bits per heavy atom. The summed E-state index contributed by atoms with van der Waals surface area (Å²) in [4.78, 5) is 30.0. The van der Waals surface area contributed by atoms with Crippen molar-refractivity contribution in [2.75, 3.05) is 26.6 Å². The number of methoxy groups -OCH3 is 2. The molecule has 0 saturated carbocycles. The Morgan fingerprint density at radius 2 is 1.84 bits per heavy atom. The highest BCUT2D eigenvalue weighted by atomic mass is 127. The second-order valence-corrected chi connectivity index (χ2v) is 8.61. The molecular formula is C21H20IN3O6S. The number of aromatic amines is 1. The first-order valence-corrected chi connectivity index (χ1v) is 11.5. The van der Waals surface area contributed by atoms with Crippen molar-refractivity contribution in [3.63, 3.8) is 0 Å². The number of hydrogen-bond donors (Lipinski definition) is 1. The van der Waals surface area contributed by atoms with Gasteiger partial charge in [-0.2, -0.15) is 0 Å². The third-order valence-electron chi connectivity index (χ3n) is 4.37. The summed E-state index contributed by atoms with van der Waals surface area (Å²) in [5.41, 5.74) is 1.42. The van der Waals surface area contributed by atoms with E-state index in [1.807, 2.05) is 40.8 Å². The average Bonchev–Trinajstić information content (AvgIpc) is 2.80. The van der Waals surface area contributed by atoms with Gasteiger partial charge in [-0.25, -0.2) is 4.98 Å². The number of H-pyrrole nitrogens is 1. The van der Waals surface area contributed by atoms with E-state index in [2.05, 4.69) is 9.97 Å². The summed E-state index contributed by atoms with van der Waals surface area (Å²) in [6, 6.07) is 11.5. The Balaban J connectivity index is 1.63. The maximum atomic E-state index is 12.4. The van der Waals surface area contributed by atoms with Crippen LogP contribution in [0.25, 0.3) is 0 Å². The van der Waals surface area contributed by atoms with Gasteiger partial charge >= 0.3 is 0 Å². The molecule has 0 spiro atoms. The van der Waals surface area contributed by atoms with Gasteiger partial charge in [0.25, 0.3) is 11.2 Å². The molecule has 0 fully saturated rings. The molecule has 3 aromatic rings. The van der Waals surface area contributed by atoms with E-state index in [0.717, 1.165) is 5.56 Å². The predicted octanol–water partition coefficient (Wildman–Crippen LogP) is 4.06. The van der Waals surface area contributed by atoms with Crippen LogP contribution in [-0.2, 0) is 6.42 Å². The second kappa shape index (κ2) is 11.2. The van der Waals surface area contributed by atoms with E-state index in [1.165, 1.54) is 23.9 Å². The first-order chi connectivity index (χ1) is 15.4. The molecule has 0 amide bonds. The zero-order valence-electron chi connectivity index (χ0n) is 17.3. The number of thioether (sulfide) groups is 1. The molecule has 32 heavy (non-hydrogen) atoms. The number of nitrogens with one attached hydrogen (secondary N) is 1. The van der Waals surface area contributed by atoms with Crippen molar-refractivity contribution < 1.29 is 19.1 Å². The lowest BCUT2D eigenvalue weighted by atomic mass is 10.1. The fraction of sp³-hybridized carbons (Fsp3) is 0.238. The van der Waals surface area contributed by atoms with Crippen LogP contribution in [0.1, 0.15) is 11.3 Å². The summed E-state index contributed by atoms with van der Waals surface area (Å²) < 4.78 is 16.7. The van der Waals surface area contributed by atoms with Crippen molar-refractivity contribution in [3.8, 4) is 17.2 Å². The number of hydrogen-bond acceptors (Lipinski definition) is 8. The van der Waals surface area contributed by atoms with Crippen LogP contribution in [0.2, 0.25) is 0 Å². The maximum Gasteiger partial charge on any atom is 0.269 e. The van der Waals surface area contributed by atoms with Gasteiger partial charge in [-0.05, 0) is 52.4 Å². The van der Waals surface area contributed by atoms with E-state index in [0.29, 0.717) is 50.4 Å². The molecule has 11 heteroatoms. The molecule has 9 nitrogen and oxygen atoms in total. The first-order valence-electron chi connectivity index (χ1n) is 9.41. The highest BCUT2D eigenvalue weighted by Crippen LogP contribution is 2.29. The molecule has 0 bridgehead atoms. The lowest BCUT2D eigenvalue weighted by molar-refractivity contribution is -0.384. The Labute approximate surface area is 201 Å². The third kappa shape index (κ3) is 6.13. The smallest absolute Gasteiger partial charge is 0.269 e. The zero-order valence-corrected chi connectivity index (χ0v) is 20.3. The van der Waals surface area contributed by atoms with E-state index in [9.17, 15) is 14.9 Å². The van der Waals surface area contributed by atoms with Gasteiger partial charge in [-0.15, -0.1) is 0 Å². The quantitative estimate of drug-likeness (QED) is 0.0971. The number of nitro groups is 1. The number of nitro benzene ring substituents is 1. The van der Waals surface area contributed by atoms with Crippen molar-refractivity contribution in [3.05, 3.63) is 77.8 Å². The van der Waals surface area contributed by atoms with Gasteiger partial charge < -0.3 is 19.2 Å². The molecule has 0 radical (unpaired) electrons. The van der Waals surface area contributed by atoms with E-state index in [-0.39, 0.29) is 11.2 Å². The van der Waals surface area contributed by atoms with Crippen LogP contribution in [0.5, 0.6) is 17.2 Å². The number of non-ortho nitro benzene ring substituents is 1. The van der Waals surface area contributed by atoms with Gasteiger partial charge in [0.1, 0.15) is 9.32 Å². The van der Waals surface area contributed by atoms with Gasteiger partial charge in [0.2, 0.25) is 0 Å². The van der Waals surface area contributed by atoms with Crippen molar-refractivity contribution in [1.29, 1.82) is 0 Å². The van der Waals surface area contributed by atoms with Crippen molar-refractivity contribution in [2.45, 2.75) is 11.6 Å². The van der Waals surface area contributed by atoms with Crippen LogP contribution in [0, 0.1) is 13.7 Å². The molecular weight excluding hydrogens is 549 g/mol. The van der Waals surface area contributed by atoms with Crippen LogP contribution < -0.4 is 19.8 Å². The largest absolute Gasteiger partial charge is 0.493 e. The normalized spacial score (nSPS) is 10.6. The minimum Gasteiger partial charge on any atom is -0.493 e. The number of rotatable bonds is 10. The van der Waals surface area contributed by atoms with Crippen LogP contribution >= 0.6 is 34.4 Å². The molecule has 0 saturated heterocycles. The van der Waals surface area contributed by atoms with Gasteiger partial charge in [0, 0.05) is 24.3 Å². The van der Waals surface area contributed by atoms with Gasteiger partial charge in [-0.1, -0.05) is 17.8 Å². The molecule has 0 unspecified atom stereocenters. The van der Waals surface area contributed by atoms with Gasteiger partial charge in [0.15, 0.2) is 16.7 Å². The monoisotopic (exact) mass is 569 g/mol. The Morgan fingerprint density at radius 1 is 1.12 bits per heavy atom. The number of nitrogens with zero attached hydrogens (tertiary/aromatic N) is 2. The zero-order chi connectivity index (χ0) is 23.1. The van der Waals surface area contributed by atoms with Crippen LogP contribution in [0.3, 0.4) is 0 Å². The third-order valence-corrected chi connectivity index (χ3v) is 6.32. The van der Waals surface area contributed by atoms with Gasteiger partial charge in [-0.3, -0.25) is 14.9 Å². The Kier molecular flexibility index (Phi) is 8.33. The number of aromatic nitrogens is 2. The molecule has 0 aliphatic carbocycles. The predicted molar refractivity (Wildman–Crippen MR) is 129 cm³/mol. The molecule has 168 valence electrons. The Bertz CT molecular complexity index is 1150. The summed E-state index contributed by atoms with van der Waals surface area (Å²) >= 11 is 3.36. The molecule has 2 aromatic carbocycles. The van der Waals surface area contributed by atoms with Crippen LogP contribution in [0.4, 0.5) is 5.69 Å². The highest BCUT2D eigenvalue weighted by Gasteiger charge is 2.12. The number of benzene rings is 2. The summed E-state index contributed by atoms with van der Waals surface area (Å²) in [7, 11) is 3.15. The van der Waals surface area contributed by atoms with Crippen molar-refractivity contribution in [2.24, 2.45) is 0 Å². The van der Waals surface area contributed by atoms with E-state index in [4.69, 9.17) is 14.2 Å². The highest BCUT2D eigenvalue weighted by molar-refractivity contribution is 14.1. The first kappa shape index (κ1) is 23.9. The molecule has 3 rings (SSSR count). The Hall–Kier alpha value is -2.80. The van der Waals surface area contributed by atoms with E-state index >= 15 is 0 Å². The van der Waals surface area contributed by atoms with E-state index < -0.39 is 4.92 Å². The average molecular weight is 569 g/mol. The summed E-state index contributed by atoms with van der Waals surface area (Å²) in [5, 5.41) is 11.2. The number of ether oxygens (including phenoxy) is 3. The fourth-order valence-corrected chi connectivity index (χ4v) is 3.96. The molecule has 1 aromatic heterocycles. The maximum absolute atomic E-state index is 12.4. The van der Waals surface area contributed by atoms with Crippen LogP contribution in [0.15, 0.2) is 52.4 Å². The SMILES string of the molecule is COc1ccc(Cc2nc(SCCOc3ccc([N+](=O)[O-])cc3)[nH]c(=O)c2I)cc1OC. The fourth-order valence-electron chi connectivity index (χ4n) is 2.81. The standard InChI is InChI=1S/C21H20IN3O6S/c1-29-17-8-3-13(12-18(17)30-2)11-16-19(22)20(26)24-21(23-16)32-10-9-31-15-6-4-14(5-7-15)25(27)28/h3-8,12H,9-11H2,1-2H3,(H,23,24,26). The molecule has 1 N–H and O–H groups in total. The number of halogens is 1. The summed E-state index contributed by atoms with van der Waals surface area (Å²) in [5.74, 6) is 2.32. The molecule has 0 aliphatic heterocycles. The van der Waals surface area contributed by atoms with E-state index in [1.54, 1.807) is 26.4 Å². The molecule has 0 aliphatic rings. The molecule has 1 heterocycles. The second-order valence-electron chi connectivity index (χ2n) is 6.45.